The van der Waals surface area contributed by atoms with Gasteiger partial charge < -0.3 is 14.9 Å². The van der Waals surface area contributed by atoms with Crippen LogP contribution in [0.1, 0.15) is 5.56 Å². The fraction of sp³-hybridized carbons (Fsp3) is 0.214. The molecule has 0 radical (unpaired) electrons. The lowest BCUT2D eigenvalue weighted by Gasteiger charge is -2.26. The number of aliphatic hydroxyl groups is 1. The molecule has 18 heavy (non-hydrogen) atoms. The van der Waals surface area contributed by atoms with Crippen molar-refractivity contribution in [3.05, 3.63) is 54.1 Å². The number of hydrogen-bond acceptors (Lipinski definition) is 3. The Hall–Kier alpha value is -2.07. The third-order valence-electron chi connectivity index (χ3n) is 2.94. The van der Waals surface area contributed by atoms with Gasteiger partial charge in [-0.15, -0.1) is 0 Å². The average molecular weight is 246 g/mol. The van der Waals surface area contributed by atoms with Crippen molar-refractivity contribution in [1.29, 1.82) is 0 Å². The number of carboxylic acid groups (broad SMARTS) is 1. The number of para-hydroxylation sites is 1. The molecule has 0 amide bonds. The Morgan fingerprint density at radius 3 is 2.44 bits per heavy atom. The van der Waals surface area contributed by atoms with Gasteiger partial charge in [0.25, 0.3) is 0 Å². The van der Waals surface area contributed by atoms with Crippen molar-refractivity contribution < 1.29 is 19.7 Å². The van der Waals surface area contributed by atoms with Gasteiger partial charge in [0.1, 0.15) is 11.4 Å². The number of benzene rings is 1. The zero-order valence-corrected chi connectivity index (χ0v) is 9.91. The summed E-state index contributed by atoms with van der Waals surface area (Å²) in [4.78, 5) is 10.8. The lowest BCUT2D eigenvalue weighted by atomic mass is 9.86. The Morgan fingerprint density at radius 1 is 1.28 bits per heavy atom. The van der Waals surface area contributed by atoms with Crippen molar-refractivity contribution in [2.75, 3.05) is 7.11 Å². The summed E-state index contributed by atoms with van der Waals surface area (Å²) >= 11 is 0. The number of methoxy groups -OCH3 is 1. The van der Waals surface area contributed by atoms with Gasteiger partial charge in [-0.2, -0.15) is 0 Å². The summed E-state index contributed by atoms with van der Waals surface area (Å²) in [7, 11) is 1.53. The fourth-order valence-electron chi connectivity index (χ4n) is 1.94. The van der Waals surface area contributed by atoms with Gasteiger partial charge in [0.15, 0.2) is 0 Å². The Labute approximate surface area is 105 Å². The molecule has 4 heteroatoms. The highest BCUT2D eigenvalue weighted by atomic mass is 16.5. The maximum Gasteiger partial charge on any atom is 0.314 e. The van der Waals surface area contributed by atoms with Crippen LogP contribution in [0.15, 0.2) is 48.6 Å². The number of carboxylic acids is 1. The lowest BCUT2D eigenvalue weighted by molar-refractivity contribution is -0.138. The van der Waals surface area contributed by atoms with E-state index in [0.29, 0.717) is 11.3 Å². The molecule has 0 fully saturated rings. The molecule has 0 aliphatic heterocycles. The molecule has 0 heterocycles. The van der Waals surface area contributed by atoms with Crippen LogP contribution in [0.25, 0.3) is 0 Å². The van der Waals surface area contributed by atoms with Gasteiger partial charge >= 0.3 is 5.97 Å². The molecule has 0 saturated heterocycles. The van der Waals surface area contributed by atoms with E-state index in [-0.39, 0.29) is 0 Å². The number of carbonyl (C=O) groups is 1. The van der Waals surface area contributed by atoms with Crippen LogP contribution in [0, 0.1) is 5.92 Å². The van der Waals surface area contributed by atoms with Crippen LogP contribution >= 0.6 is 0 Å². The SMILES string of the molecule is COc1ccccc1C1(O)C=CC(C(=O)O)C=C1. The largest absolute Gasteiger partial charge is 0.496 e. The van der Waals surface area contributed by atoms with Crippen LogP contribution in [0.3, 0.4) is 0 Å². The van der Waals surface area contributed by atoms with Crippen molar-refractivity contribution in [3.8, 4) is 5.75 Å². The molecule has 4 nitrogen and oxygen atoms in total. The molecule has 0 bridgehead atoms. The van der Waals surface area contributed by atoms with E-state index in [1.165, 1.54) is 31.4 Å². The molecule has 0 aromatic heterocycles. The highest BCUT2D eigenvalue weighted by Gasteiger charge is 2.30. The van der Waals surface area contributed by atoms with Crippen LogP contribution in [0.5, 0.6) is 5.75 Å². The number of hydrogen-bond donors (Lipinski definition) is 2. The van der Waals surface area contributed by atoms with Crippen molar-refractivity contribution in [2.24, 2.45) is 5.92 Å². The maximum atomic E-state index is 10.8. The zero-order valence-electron chi connectivity index (χ0n) is 9.91. The minimum Gasteiger partial charge on any atom is -0.496 e. The number of rotatable bonds is 3. The van der Waals surface area contributed by atoms with Crippen LogP contribution in [-0.2, 0) is 10.4 Å². The number of aliphatic carboxylic acids is 1. The minimum absolute atomic E-state index is 0.558. The third kappa shape index (κ3) is 2.15. The average Bonchev–Trinajstić information content (AvgIpc) is 2.39. The molecule has 2 N–H and O–H groups in total. The third-order valence-corrected chi connectivity index (χ3v) is 2.94. The van der Waals surface area contributed by atoms with Gasteiger partial charge in [-0.05, 0) is 18.2 Å². The van der Waals surface area contributed by atoms with Crippen LogP contribution < -0.4 is 4.74 Å². The summed E-state index contributed by atoms with van der Waals surface area (Å²) in [5, 5.41) is 19.4. The van der Waals surface area contributed by atoms with Gasteiger partial charge in [-0.1, -0.05) is 30.4 Å². The molecular weight excluding hydrogens is 232 g/mol. The van der Waals surface area contributed by atoms with Crippen LogP contribution in [0.2, 0.25) is 0 Å². The fourth-order valence-corrected chi connectivity index (χ4v) is 1.94. The first-order valence-corrected chi connectivity index (χ1v) is 5.54. The van der Waals surface area contributed by atoms with Gasteiger partial charge in [0.05, 0.1) is 13.0 Å². The summed E-state index contributed by atoms with van der Waals surface area (Å²) < 4.78 is 5.19. The quantitative estimate of drug-likeness (QED) is 0.797. The van der Waals surface area contributed by atoms with E-state index in [0.717, 1.165) is 0 Å². The van der Waals surface area contributed by atoms with Crippen LogP contribution in [-0.4, -0.2) is 23.3 Å². The maximum absolute atomic E-state index is 10.8. The van der Waals surface area contributed by atoms with E-state index in [1.54, 1.807) is 18.2 Å². The molecule has 0 unspecified atom stereocenters. The second-order valence-electron chi connectivity index (χ2n) is 4.11. The molecule has 1 aliphatic rings. The molecule has 1 aromatic rings. The van der Waals surface area contributed by atoms with Gasteiger partial charge in [-0.3, -0.25) is 4.79 Å². The second-order valence-corrected chi connectivity index (χ2v) is 4.11. The van der Waals surface area contributed by atoms with E-state index in [9.17, 15) is 9.90 Å². The lowest BCUT2D eigenvalue weighted by Crippen LogP contribution is -2.25. The van der Waals surface area contributed by atoms with Crippen molar-refractivity contribution in [1.82, 2.24) is 0 Å². The van der Waals surface area contributed by atoms with Gasteiger partial charge in [0.2, 0.25) is 0 Å². The van der Waals surface area contributed by atoms with E-state index >= 15 is 0 Å². The van der Waals surface area contributed by atoms with E-state index in [1.807, 2.05) is 6.07 Å². The molecule has 0 atom stereocenters. The molecule has 1 aromatic carbocycles. The van der Waals surface area contributed by atoms with Gasteiger partial charge in [0, 0.05) is 5.56 Å². The molecule has 94 valence electrons. The van der Waals surface area contributed by atoms with Crippen LogP contribution in [0.4, 0.5) is 0 Å². The summed E-state index contributed by atoms with van der Waals surface area (Å²) in [5.41, 5.74) is -0.734. The first kappa shape index (κ1) is 12.4. The van der Waals surface area contributed by atoms with Crippen molar-refractivity contribution in [3.63, 3.8) is 0 Å². The standard InChI is InChI=1S/C14H14O4/c1-18-12-5-3-2-4-11(12)14(17)8-6-10(7-9-14)13(15)16/h2-10,17H,1H3,(H,15,16). The summed E-state index contributed by atoms with van der Waals surface area (Å²) in [6, 6.07) is 7.09. The normalized spacial score (nSPS) is 26.0. The first-order chi connectivity index (χ1) is 8.57. The Bertz CT molecular complexity index is 502. The van der Waals surface area contributed by atoms with E-state index < -0.39 is 17.5 Å². The summed E-state index contributed by atoms with van der Waals surface area (Å²) in [6.07, 6.45) is 5.89. The highest BCUT2D eigenvalue weighted by Crippen LogP contribution is 2.35. The number of ether oxygens (including phenoxy) is 1. The monoisotopic (exact) mass is 246 g/mol. The molecule has 0 saturated carbocycles. The minimum atomic E-state index is -1.32. The Morgan fingerprint density at radius 2 is 1.89 bits per heavy atom. The molecule has 1 aliphatic carbocycles. The van der Waals surface area contributed by atoms with Gasteiger partial charge in [-0.25, -0.2) is 0 Å². The molecular formula is C14H14O4. The predicted octanol–water partition coefficient (Wildman–Crippen LogP) is 1.71. The summed E-state index contributed by atoms with van der Waals surface area (Å²) in [5.74, 6) is -1.08. The van der Waals surface area contributed by atoms with Crippen molar-refractivity contribution in [2.45, 2.75) is 5.60 Å². The summed E-state index contributed by atoms with van der Waals surface area (Å²) in [6.45, 7) is 0. The smallest absolute Gasteiger partial charge is 0.314 e. The van der Waals surface area contributed by atoms with Crippen molar-refractivity contribution >= 4 is 5.97 Å². The predicted molar refractivity (Wildman–Crippen MR) is 66.3 cm³/mol. The molecule has 0 spiro atoms. The first-order valence-electron chi connectivity index (χ1n) is 5.54. The Balaban J connectivity index is 2.37. The van der Waals surface area contributed by atoms with E-state index in [2.05, 4.69) is 0 Å². The topological polar surface area (TPSA) is 66.8 Å². The Kier molecular flexibility index (Phi) is 3.21. The second kappa shape index (κ2) is 4.66. The molecule has 2 rings (SSSR count). The van der Waals surface area contributed by atoms with E-state index in [4.69, 9.17) is 9.84 Å². The highest BCUT2D eigenvalue weighted by molar-refractivity contribution is 5.75. The zero-order chi connectivity index (χ0) is 13.2.